The highest BCUT2D eigenvalue weighted by Gasteiger charge is 2.26. The van der Waals surface area contributed by atoms with Crippen molar-refractivity contribution in [3.05, 3.63) is 18.0 Å². The fraction of sp³-hybridized carbons (Fsp3) is 0.600. The molecule has 0 aromatic carbocycles. The van der Waals surface area contributed by atoms with Crippen LogP contribution in [0.1, 0.15) is 25.0 Å². The first-order valence-electron chi connectivity index (χ1n) is 4.90. The molecule has 76 valence electrons. The van der Waals surface area contributed by atoms with Gasteiger partial charge in [-0.05, 0) is 32.3 Å². The fourth-order valence-corrected chi connectivity index (χ4v) is 2.83. The van der Waals surface area contributed by atoms with Gasteiger partial charge < -0.3 is 5.11 Å². The molecule has 0 saturated heterocycles. The summed E-state index contributed by atoms with van der Waals surface area (Å²) < 4.78 is 0. The standard InChI is InChI=1S/C10H14N2OS/c1-7-5-6-11-10(12-7)14-9-4-2-3-8(9)13/h5-6,8-9,13H,2-4H2,1H3/t8-,9-/m0/s1. The van der Waals surface area contributed by atoms with E-state index in [2.05, 4.69) is 9.97 Å². The Morgan fingerprint density at radius 3 is 3.00 bits per heavy atom. The van der Waals surface area contributed by atoms with Crippen LogP contribution in [-0.2, 0) is 0 Å². The molecule has 1 fully saturated rings. The largest absolute Gasteiger partial charge is 0.392 e. The molecule has 2 atom stereocenters. The average Bonchev–Trinajstić information content (AvgIpc) is 2.52. The summed E-state index contributed by atoms with van der Waals surface area (Å²) >= 11 is 1.60. The van der Waals surface area contributed by atoms with Crippen LogP contribution in [0.3, 0.4) is 0 Å². The third-order valence-corrected chi connectivity index (χ3v) is 3.71. The van der Waals surface area contributed by atoms with Crippen LogP contribution in [0.15, 0.2) is 17.4 Å². The van der Waals surface area contributed by atoms with Crippen molar-refractivity contribution in [2.24, 2.45) is 0 Å². The molecule has 14 heavy (non-hydrogen) atoms. The van der Waals surface area contributed by atoms with Gasteiger partial charge >= 0.3 is 0 Å². The van der Waals surface area contributed by atoms with Crippen LogP contribution in [0.25, 0.3) is 0 Å². The summed E-state index contributed by atoms with van der Waals surface area (Å²) in [6.45, 7) is 1.96. The average molecular weight is 210 g/mol. The van der Waals surface area contributed by atoms with Crippen molar-refractivity contribution < 1.29 is 5.11 Å². The number of aliphatic hydroxyl groups is 1. The number of aliphatic hydroxyl groups excluding tert-OH is 1. The number of aryl methyl sites for hydroxylation is 1. The van der Waals surface area contributed by atoms with Crippen LogP contribution in [0, 0.1) is 6.92 Å². The van der Waals surface area contributed by atoms with Gasteiger partial charge in [-0.2, -0.15) is 0 Å². The smallest absolute Gasteiger partial charge is 0.188 e. The number of hydrogen-bond acceptors (Lipinski definition) is 4. The molecule has 1 aromatic rings. The summed E-state index contributed by atoms with van der Waals surface area (Å²) in [5.74, 6) is 0. The van der Waals surface area contributed by atoms with E-state index in [4.69, 9.17) is 0 Å². The molecular formula is C10H14N2OS. The lowest BCUT2D eigenvalue weighted by Gasteiger charge is -2.12. The van der Waals surface area contributed by atoms with Gasteiger partial charge in [0.25, 0.3) is 0 Å². The van der Waals surface area contributed by atoms with Gasteiger partial charge in [0.05, 0.1) is 6.10 Å². The molecule has 1 aliphatic carbocycles. The van der Waals surface area contributed by atoms with E-state index in [0.717, 1.165) is 30.1 Å². The van der Waals surface area contributed by atoms with E-state index >= 15 is 0 Å². The molecule has 4 heteroatoms. The Morgan fingerprint density at radius 1 is 1.50 bits per heavy atom. The molecule has 2 rings (SSSR count). The Hall–Kier alpha value is -0.610. The highest BCUT2D eigenvalue weighted by Crippen LogP contribution is 2.33. The first-order chi connectivity index (χ1) is 6.75. The fourth-order valence-electron chi connectivity index (χ4n) is 1.66. The molecule has 0 bridgehead atoms. The Morgan fingerprint density at radius 2 is 2.36 bits per heavy atom. The minimum atomic E-state index is -0.177. The van der Waals surface area contributed by atoms with Crippen molar-refractivity contribution in [2.75, 3.05) is 0 Å². The number of thioether (sulfide) groups is 1. The number of aromatic nitrogens is 2. The van der Waals surface area contributed by atoms with Gasteiger partial charge in [0.1, 0.15) is 0 Å². The maximum absolute atomic E-state index is 9.64. The van der Waals surface area contributed by atoms with Crippen molar-refractivity contribution in [3.63, 3.8) is 0 Å². The molecule has 0 spiro atoms. The van der Waals surface area contributed by atoms with Crippen LogP contribution >= 0.6 is 11.8 Å². The van der Waals surface area contributed by atoms with Gasteiger partial charge in [-0.1, -0.05) is 11.8 Å². The number of hydrogen-bond donors (Lipinski definition) is 1. The van der Waals surface area contributed by atoms with Crippen LogP contribution < -0.4 is 0 Å². The molecular weight excluding hydrogens is 196 g/mol. The molecule has 0 unspecified atom stereocenters. The van der Waals surface area contributed by atoms with E-state index in [9.17, 15) is 5.11 Å². The van der Waals surface area contributed by atoms with Gasteiger partial charge in [0.15, 0.2) is 5.16 Å². The Bertz CT molecular complexity index is 319. The highest BCUT2D eigenvalue weighted by atomic mass is 32.2. The summed E-state index contributed by atoms with van der Waals surface area (Å²) in [5, 5.41) is 10.7. The first kappa shape index (κ1) is 9.93. The van der Waals surface area contributed by atoms with Gasteiger partial charge in [0.2, 0.25) is 0 Å². The Kier molecular flexibility index (Phi) is 3.03. The lowest BCUT2D eigenvalue weighted by molar-refractivity contribution is 0.188. The quantitative estimate of drug-likeness (QED) is 0.756. The molecule has 1 N–H and O–H groups in total. The molecule has 0 amide bonds. The summed E-state index contributed by atoms with van der Waals surface area (Å²) in [4.78, 5) is 8.49. The minimum Gasteiger partial charge on any atom is -0.392 e. The molecule has 0 aliphatic heterocycles. The van der Waals surface area contributed by atoms with Gasteiger partial charge in [-0.15, -0.1) is 0 Å². The SMILES string of the molecule is Cc1ccnc(S[C@H]2CCC[C@@H]2O)n1. The predicted molar refractivity (Wildman–Crippen MR) is 56.3 cm³/mol. The predicted octanol–water partition coefficient (Wildman–Crippen LogP) is 1.79. The molecule has 3 nitrogen and oxygen atoms in total. The zero-order valence-corrected chi connectivity index (χ0v) is 9.00. The minimum absolute atomic E-state index is 0.177. The van der Waals surface area contributed by atoms with E-state index in [0.29, 0.717) is 0 Å². The van der Waals surface area contributed by atoms with E-state index in [1.54, 1.807) is 18.0 Å². The maximum Gasteiger partial charge on any atom is 0.188 e. The lowest BCUT2D eigenvalue weighted by atomic mass is 10.3. The van der Waals surface area contributed by atoms with Crippen molar-refractivity contribution in [3.8, 4) is 0 Å². The monoisotopic (exact) mass is 210 g/mol. The second kappa shape index (κ2) is 4.28. The van der Waals surface area contributed by atoms with E-state index < -0.39 is 0 Å². The van der Waals surface area contributed by atoms with E-state index in [1.807, 2.05) is 13.0 Å². The molecule has 1 aromatic heterocycles. The number of nitrogens with zero attached hydrogens (tertiary/aromatic N) is 2. The Labute approximate surface area is 88.0 Å². The van der Waals surface area contributed by atoms with Gasteiger partial charge in [-0.3, -0.25) is 0 Å². The van der Waals surface area contributed by atoms with Crippen molar-refractivity contribution >= 4 is 11.8 Å². The molecule has 1 heterocycles. The van der Waals surface area contributed by atoms with Crippen LogP contribution in [0.2, 0.25) is 0 Å². The summed E-state index contributed by atoms with van der Waals surface area (Å²) in [5.41, 5.74) is 0.981. The lowest BCUT2D eigenvalue weighted by Crippen LogP contribution is -2.15. The maximum atomic E-state index is 9.64. The van der Waals surface area contributed by atoms with Gasteiger partial charge in [-0.25, -0.2) is 9.97 Å². The van der Waals surface area contributed by atoms with E-state index in [1.165, 1.54) is 0 Å². The summed E-state index contributed by atoms with van der Waals surface area (Å²) in [6.07, 6.45) is 4.70. The normalized spacial score (nSPS) is 26.7. The van der Waals surface area contributed by atoms with Crippen molar-refractivity contribution in [1.29, 1.82) is 0 Å². The van der Waals surface area contributed by atoms with Crippen molar-refractivity contribution in [2.45, 2.75) is 42.7 Å². The second-order valence-corrected chi connectivity index (χ2v) is 4.84. The summed E-state index contributed by atoms with van der Waals surface area (Å²) in [7, 11) is 0. The molecule has 0 radical (unpaired) electrons. The van der Waals surface area contributed by atoms with Crippen molar-refractivity contribution in [1.82, 2.24) is 9.97 Å². The topological polar surface area (TPSA) is 46.0 Å². The van der Waals surface area contributed by atoms with Crippen LogP contribution in [0.4, 0.5) is 0 Å². The summed E-state index contributed by atoms with van der Waals surface area (Å²) in [6, 6.07) is 1.88. The third-order valence-electron chi connectivity index (χ3n) is 2.45. The van der Waals surface area contributed by atoms with Crippen LogP contribution in [0.5, 0.6) is 0 Å². The zero-order valence-electron chi connectivity index (χ0n) is 8.18. The van der Waals surface area contributed by atoms with Crippen LogP contribution in [-0.4, -0.2) is 26.4 Å². The highest BCUT2D eigenvalue weighted by molar-refractivity contribution is 7.99. The molecule has 1 aliphatic rings. The van der Waals surface area contributed by atoms with E-state index in [-0.39, 0.29) is 11.4 Å². The van der Waals surface area contributed by atoms with Gasteiger partial charge in [0, 0.05) is 17.1 Å². The third kappa shape index (κ3) is 2.25. The second-order valence-electron chi connectivity index (χ2n) is 3.64. The molecule has 1 saturated carbocycles. The first-order valence-corrected chi connectivity index (χ1v) is 5.78. The Balaban J connectivity index is 2.03. The number of rotatable bonds is 2. The zero-order chi connectivity index (χ0) is 9.97.